The smallest absolute Gasteiger partial charge is 0.354 e. The number of nitrogens with one attached hydrogen (secondary N) is 2. The summed E-state index contributed by atoms with van der Waals surface area (Å²) in [5.74, 6) is 0.541. The van der Waals surface area contributed by atoms with Crippen LogP contribution in [0, 0.1) is 0 Å². The second-order valence-electron chi connectivity index (χ2n) is 4.70. The summed E-state index contributed by atoms with van der Waals surface area (Å²) in [7, 11) is 4.35. The fraction of sp³-hybridized carbons (Fsp3) is 0.333. The summed E-state index contributed by atoms with van der Waals surface area (Å²) in [6.07, 6.45) is 0. The van der Waals surface area contributed by atoms with Crippen molar-refractivity contribution < 1.29 is 23.8 Å². The van der Waals surface area contributed by atoms with Crippen molar-refractivity contribution in [2.24, 2.45) is 0 Å². The zero-order valence-corrected chi connectivity index (χ0v) is 12.9. The summed E-state index contributed by atoms with van der Waals surface area (Å²) in [6, 6.07) is 4.38. The number of methoxy groups -OCH3 is 3. The minimum absolute atomic E-state index is 0.144. The predicted octanol–water partition coefficient (Wildman–Crippen LogP) is 1.50. The van der Waals surface area contributed by atoms with E-state index in [-0.39, 0.29) is 5.70 Å². The fourth-order valence-electron chi connectivity index (χ4n) is 2.31. The van der Waals surface area contributed by atoms with E-state index >= 15 is 0 Å². The minimum atomic E-state index is -0.585. The number of rotatable bonds is 4. The van der Waals surface area contributed by atoms with Crippen LogP contribution in [0.3, 0.4) is 0 Å². The molecule has 2 N–H and O–H groups in total. The van der Waals surface area contributed by atoms with Crippen LogP contribution in [0.25, 0.3) is 0 Å². The van der Waals surface area contributed by atoms with Crippen molar-refractivity contribution in [3.05, 3.63) is 35.0 Å². The molecule has 7 nitrogen and oxygen atoms in total. The Labute approximate surface area is 128 Å². The van der Waals surface area contributed by atoms with Crippen molar-refractivity contribution in [1.29, 1.82) is 0 Å². The molecule has 0 unspecified atom stereocenters. The molecule has 1 heterocycles. The first-order valence-corrected chi connectivity index (χ1v) is 6.60. The lowest BCUT2D eigenvalue weighted by molar-refractivity contribution is -0.136. The number of hydrogen-bond donors (Lipinski definition) is 2. The highest BCUT2D eigenvalue weighted by Crippen LogP contribution is 2.33. The Morgan fingerprint density at radius 2 is 1.82 bits per heavy atom. The van der Waals surface area contributed by atoms with E-state index in [9.17, 15) is 9.59 Å². The molecular weight excluding hydrogens is 288 g/mol. The average Bonchev–Trinajstić information content (AvgIpc) is 2.55. The highest BCUT2D eigenvalue weighted by Gasteiger charge is 2.29. The first-order valence-electron chi connectivity index (χ1n) is 6.60. The van der Waals surface area contributed by atoms with Gasteiger partial charge in [0.05, 0.1) is 27.4 Å². The van der Waals surface area contributed by atoms with Crippen LogP contribution in [-0.4, -0.2) is 33.3 Å². The number of urea groups is 1. The third-order valence-electron chi connectivity index (χ3n) is 3.47. The average molecular weight is 306 g/mol. The Morgan fingerprint density at radius 3 is 2.41 bits per heavy atom. The van der Waals surface area contributed by atoms with Crippen LogP contribution in [0.2, 0.25) is 0 Å². The molecule has 1 aliphatic rings. The lowest BCUT2D eigenvalue weighted by Gasteiger charge is -2.28. The molecule has 0 radical (unpaired) electrons. The number of carbonyl (C=O) groups is 2. The summed E-state index contributed by atoms with van der Waals surface area (Å²) in [6.45, 7) is 1.75. The van der Waals surface area contributed by atoms with Crippen LogP contribution >= 0.6 is 0 Å². The molecule has 2 rings (SSSR count). The number of esters is 1. The van der Waals surface area contributed by atoms with Gasteiger partial charge in [-0.2, -0.15) is 0 Å². The van der Waals surface area contributed by atoms with Gasteiger partial charge in [0.25, 0.3) is 0 Å². The molecule has 1 atom stereocenters. The van der Waals surface area contributed by atoms with Crippen molar-refractivity contribution in [3.63, 3.8) is 0 Å². The molecule has 0 aromatic heterocycles. The second-order valence-corrected chi connectivity index (χ2v) is 4.70. The maximum atomic E-state index is 11.8. The van der Waals surface area contributed by atoms with Gasteiger partial charge in [-0.1, -0.05) is 6.07 Å². The number of benzene rings is 1. The van der Waals surface area contributed by atoms with Gasteiger partial charge in [0.2, 0.25) is 0 Å². The lowest BCUT2D eigenvalue weighted by atomic mass is 9.96. The van der Waals surface area contributed by atoms with Gasteiger partial charge >= 0.3 is 12.0 Å². The van der Waals surface area contributed by atoms with Gasteiger partial charge in [-0.25, -0.2) is 9.59 Å². The molecule has 0 aliphatic carbocycles. The molecule has 0 saturated heterocycles. The van der Waals surface area contributed by atoms with Gasteiger partial charge in [-0.05, 0) is 30.2 Å². The molecule has 1 aromatic rings. The normalized spacial score (nSPS) is 17.5. The summed E-state index contributed by atoms with van der Waals surface area (Å²) >= 11 is 0. The molecule has 22 heavy (non-hydrogen) atoms. The van der Waals surface area contributed by atoms with Crippen molar-refractivity contribution in [2.75, 3.05) is 21.3 Å². The van der Waals surface area contributed by atoms with E-state index < -0.39 is 18.0 Å². The molecule has 0 saturated carbocycles. The van der Waals surface area contributed by atoms with Crippen LogP contribution < -0.4 is 20.1 Å². The van der Waals surface area contributed by atoms with Gasteiger partial charge in [-0.15, -0.1) is 0 Å². The van der Waals surface area contributed by atoms with E-state index in [0.29, 0.717) is 17.1 Å². The van der Waals surface area contributed by atoms with Gasteiger partial charge in [0, 0.05) is 0 Å². The van der Waals surface area contributed by atoms with E-state index in [1.54, 1.807) is 32.2 Å². The van der Waals surface area contributed by atoms with Crippen molar-refractivity contribution in [2.45, 2.75) is 13.0 Å². The van der Waals surface area contributed by atoms with E-state index in [2.05, 4.69) is 10.6 Å². The van der Waals surface area contributed by atoms with Crippen LogP contribution in [-0.2, 0) is 9.53 Å². The number of carbonyl (C=O) groups excluding carboxylic acids is 2. The number of ether oxygens (including phenoxy) is 3. The fourth-order valence-corrected chi connectivity index (χ4v) is 2.31. The Hall–Kier alpha value is -2.70. The van der Waals surface area contributed by atoms with Gasteiger partial charge < -0.3 is 24.8 Å². The number of amides is 2. The van der Waals surface area contributed by atoms with Crippen LogP contribution in [0.15, 0.2) is 29.5 Å². The highest BCUT2D eigenvalue weighted by atomic mass is 16.5. The lowest BCUT2D eigenvalue weighted by Crippen LogP contribution is -2.45. The van der Waals surface area contributed by atoms with Gasteiger partial charge in [-0.3, -0.25) is 0 Å². The summed E-state index contributed by atoms with van der Waals surface area (Å²) in [5, 5.41) is 5.23. The predicted molar refractivity (Wildman–Crippen MR) is 78.7 cm³/mol. The molecule has 0 bridgehead atoms. The van der Waals surface area contributed by atoms with Gasteiger partial charge in [0.15, 0.2) is 11.5 Å². The quantitative estimate of drug-likeness (QED) is 0.823. The summed E-state index contributed by atoms with van der Waals surface area (Å²) < 4.78 is 15.1. The van der Waals surface area contributed by atoms with Crippen molar-refractivity contribution >= 4 is 12.0 Å². The molecule has 2 amide bonds. The van der Waals surface area contributed by atoms with Crippen molar-refractivity contribution in [1.82, 2.24) is 10.6 Å². The zero-order chi connectivity index (χ0) is 16.3. The second kappa shape index (κ2) is 6.38. The van der Waals surface area contributed by atoms with E-state index in [0.717, 1.165) is 5.56 Å². The van der Waals surface area contributed by atoms with Crippen LogP contribution in [0.4, 0.5) is 4.79 Å². The Morgan fingerprint density at radius 1 is 1.14 bits per heavy atom. The molecular formula is C15H18N2O5. The standard InChI is InChI=1S/C15H18N2O5/c1-8-12(16-15(19)17-13(8)14(18)22-4)9-5-6-10(20-2)11(7-9)21-3/h5-7,12H,1-4H3,(H2,16,17,19)/t12-/m1/s1. The SMILES string of the molecule is COC(=O)C1=C(C)[C@H](c2ccc(OC)c(OC)c2)NC(=O)N1. The first kappa shape index (κ1) is 15.7. The van der Waals surface area contributed by atoms with Crippen molar-refractivity contribution in [3.8, 4) is 11.5 Å². The van der Waals surface area contributed by atoms with E-state index in [1.807, 2.05) is 0 Å². The molecule has 7 heteroatoms. The summed E-state index contributed by atoms with van der Waals surface area (Å²) in [4.78, 5) is 23.5. The largest absolute Gasteiger partial charge is 0.493 e. The Balaban J connectivity index is 2.46. The van der Waals surface area contributed by atoms with E-state index in [4.69, 9.17) is 14.2 Å². The summed E-state index contributed by atoms with van der Waals surface area (Å²) in [5.41, 5.74) is 1.57. The molecule has 0 spiro atoms. The molecule has 1 aliphatic heterocycles. The third-order valence-corrected chi connectivity index (χ3v) is 3.47. The molecule has 1 aromatic carbocycles. The zero-order valence-electron chi connectivity index (χ0n) is 12.9. The topological polar surface area (TPSA) is 85.9 Å². The highest BCUT2D eigenvalue weighted by molar-refractivity contribution is 5.96. The van der Waals surface area contributed by atoms with Gasteiger partial charge in [0.1, 0.15) is 5.70 Å². The molecule has 0 fully saturated rings. The van der Waals surface area contributed by atoms with Crippen LogP contribution in [0.1, 0.15) is 18.5 Å². The monoisotopic (exact) mass is 306 g/mol. The van der Waals surface area contributed by atoms with E-state index in [1.165, 1.54) is 14.2 Å². The Kier molecular flexibility index (Phi) is 4.55. The van der Waals surface area contributed by atoms with Crippen LogP contribution in [0.5, 0.6) is 11.5 Å². The maximum absolute atomic E-state index is 11.8. The minimum Gasteiger partial charge on any atom is -0.493 e. The Bertz CT molecular complexity index is 639. The molecule has 118 valence electrons. The maximum Gasteiger partial charge on any atom is 0.354 e. The first-order chi connectivity index (χ1) is 10.5. The number of hydrogen-bond acceptors (Lipinski definition) is 5. The third kappa shape index (κ3) is 2.83.